The Labute approximate surface area is 112 Å². The molecule has 0 saturated heterocycles. The van der Waals surface area contributed by atoms with E-state index in [1.54, 1.807) is 19.6 Å². The van der Waals surface area contributed by atoms with Gasteiger partial charge < -0.3 is 14.6 Å². The van der Waals surface area contributed by atoms with Crippen LogP contribution in [0.2, 0.25) is 0 Å². The molecule has 1 heterocycles. The molecule has 0 unspecified atom stereocenters. The van der Waals surface area contributed by atoms with Gasteiger partial charge >= 0.3 is 0 Å². The van der Waals surface area contributed by atoms with Gasteiger partial charge in [-0.2, -0.15) is 0 Å². The van der Waals surface area contributed by atoms with E-state index < -0.39 is 0 Å². The fourth-order valence-electron chi connectivity index (χ4n) is 1.73. The zero-order chi connectivity index (χ0) is 13.5. The summed E-state index contributed by atoms with van der Waals surface area (Å²) in [7, 11) is 1.63. The molecular formula is C14H17N3O2. The van der Waals surface area contributed by atoms with Gasteiger partial charge in [0, 0.05) is 43.9 Å². The van der Waals surface area contributed by atoms with Crippen molar-refractivity contribution < 1.29 is 9.53 Å². The molecule has 100 valence electrons. The number of ether oxygens (including phenoxy) is 1. The number of benzene rings is 1. The molecular weight excluding hydrogens is 242 g/mol. The second kappa shape index (κ2) is 6.70. The average Bonchev–Trinajstić information content (AvgIpc) is 2.94. The van der Waals surface area contributed by atoms with Crippen LogP contribution in [0.3, 0.4) is 0 Å². The van der Waals surface area contributed by atoms with Crippen molar-refractivity contribution in [1.29, 1.82) is 0 Å². The number of hydrogen-bond donors (Lipinski definition) is 1. The van der Waals surface area contributed by atoms with Crippen LogP contribution in [0.15, 0.2) is 43.0 Å². The maximum Gasteiger partial charge on any atom is 0.224 e. The Balaban J connectivity index is 1.90. The van der Waals surface area contributed by atoms with Crippen molar-refractivity contribution in [3.63, 3.8) is 0 Å². The van der Waals surface area contributed by atoms with Gasteiger partial charge in [0.1, 0.15) is 0 Å². The number of methoxy groups -OCH3 is 1. The Bertz CT molecular complexity index is 506. The third kappa shape index (κ3) is 3.93. The molecule has 1 N–H and O–H groups in total. The van der Waals surface area contributed by atoms with E-state index in [9.17, 15) is 4.79 Å². The topological polar surface area (TPSA) is 56.1 Å². The van der Waals surface area contributed by atoms with Crippen LogP contribution in [0.1, 0.15) is 12.8 Å². The summed E-state index contributed by atoms with van der Waals surface area (Å²) in [5, 5.41) is 2.85. The fourth-order valence-corrected chi connectivity index (χ4v) is 1.73. The summed E-state index contributed by atoms with van der Waals surface area (Å²) < 4.78 is 6.82. The monoisotopic (exact) mass is 259 g/mol. The van der Waals surface area contributed by atoms with Crippen molar-refractivity contribution in [3.05, 3.63) is 43.0 Å². The van der Waals surface area contributed by atoms with Crippen LogP contribution in [-0.2, 0) is 9.53 Å². The number of carbonyl (C=O) groups excluding carboxylic acids is 1. The number of rotatable bonds is 6. The zero-order valence-corrected chi connectivity index (χ0v) is 10.9. The quantitative estimate of drug-likeness (QED) is 0.809. The smallest absolute Gasteiger partial charge is 0.224 e. The Kier molecular flexibility index (Phi) is 4.69. The van der Waals surface area contributed by atoms with Crippen molar-refractivity contribution in [2.24, 2.45) is 0 Å². The molecule has 5 heteroatoms. The minimum absolute atomic E-state index is 0.00688. The van der Waals surface area contributed by atoms with Gasteiger partial charge in [-0.05, 0) is 30.7 Å². The molecule has 0 radical (unpaired) electrons. The maximum atomic E-state index is 11.6. The van der Waals surface area contributed by atoms with Crippen LogP contribution >= 0.6 is 0 Å². The summed E-state index contributed by atoms with van der Waals surface area (Å²) in [5.74, 6) is 0.00688. The molecule has 0 aliphatic heterocycles. The van der Waals surface area contributed by atoms with Crippen LogP contribution in [0.4, 0.5) is 5.69 Å². The van der Waals surface area contributed by atoms with Crippen molar-refractivity contribution >= 4 is 11.6 Å². The molecule has 0 atom stereocenters. The summed E-state index contributed by atoms with van der Waals surface area (Å²) in [5.41, 5.74) is 1.81. The normalized spacial score (nSPS) is 10.4. The van der Waals surface area contributed by atoms with Crippen molar-refractivity contribution in [2.45, 2.75) is 12.8 Å². The van der Waals surface area contributed by atoms with Crippen LogP contribution in [0.5, 0.6) is 0 Å². The average molecular weight is 259 g/mol. The number of aromatic nitrogens is 2. The highest BCUT2D eigenvalue weighted by atomic mass is 16.5. The lowest BCUT2D eigenvalue weighted by molar-refractivity contribution is -0.116. The number of anilines is 1. The first-order valence-electron chi connectivity index (χ1n) is 6.17. The lowest BCUT2D eigenvalue weighted by Crippen LogP contribution is -2.12. The van der Waals surface area contributed by atoms with Gasteiger partial charge in [0.05, 0.1) is 6.33 Å². The van der Waals surface area contributed by atoms with Gasteiger partial charge in [0.15, 0.2) is 0 Å². The molecule has 0 aliphatic rings. The van der Waals surface area contributed by atoms with E-state index in [1.165, 1.54) is 0 Å². The molecule has 0 saturated carbocycles. The van der Waals surface area contributed by atoms with Gasteiger partial charge in [0.25, 0.3) is 0 Å². The number of nitrogens with one attached hydrogen (secondary N) is 1. The van der Waals surface area contributed by atoms with E-state index in [-0.39, 0.29) is 5.91 Å². The van der Waals surface area contributed by atoms with Crippen LogP contribution in [0.25, 0.3) is 5.69 Å². The molecule has 0 bridgehead atoms. The first kappa shape index (κ1) is 13.3. The number of carbonyl (C=O) groups is 1. The predicted octanol–water partition coefficient (Wildman–Crippen LogP) is 2.24. The lowest BCUT2D eigenvalue weighted by atomic mass is 10.2. The predicted molar refractivity (Wildman–Crippen MR) is 73.3 cm³/mol. The summed E-state index contributed by atoms with van der Waals surface area (Å²) in [4.78, 5) is 15.6. The van der Waals surface area contributed by atoms with E-state index in [2.05, 4.69) is 10.3 Å². The van der Waals surface area contributed by atoms with Gasteiger partial charge in [-0.25, -0.2) is 4.98 Å². The van der Waals surface area contributed by atoms with Crippen LogP contribution in [0, 0.1) is 0 Å². The standard InChI is InChI=1S/C14H17N3O2/c1-19-10-2-3-14(18)16-12-4-6-13(7-5-12)17-9-8-15-11-17/h4-9,11H,2-3,10H2,1H3,(H,16,18). The number of nitrogens with zero attached hydrogens (tertiary/aromatic N) is 2. The molecule has 1 aromatic carbocycles. The molecule has 1 aromatic heterocycles. The van der Waals surface area contributed by atoms with E-state index in [0.29, 0.717) is 13.0 Å². The highest BCUT2D eigenvalue weighted by Gasteiger charge is 2.02. The van der Waals surface area contributed by atoms with E-state index in [4.69, 9.17) is 4.74 Å². The van der Waals surface area contributed by atoms with E-state index in [1.807, 2.05) is 35.0 Å². The maximum absolute atomic E-state index is 11.6. The Hall–Kier alpha value is -2.14. The van der Waals surface area contributed by atoms with Gasteiger partial charge in [0.2, 0.25) is 5.91 Å². The first-order valence-corrected chi connectivity index (χ1v) is 6.17. The highest BCUT2D eigenvalue weighted by molar-refractivity contribution is 5.90. The SMILES string of the molecule is COCCCC(=O)Nc1ccc(-n2ccnc2)cc1. The molecule has 2 rings (SSSR count). The zero-order valence-electron chi connectivity index (χ0n) is 10.9. The molecule has 0 fully saturated rings. The molecule has 2 aromatic rings. The van der Waals surface area contributed by atoms with Crippen LogP contribution < -0.4 is 5.32 Å². The Morgan fingerprint density at radius 1 is 1.37 bits per heavy atom. The number of imidazole rings is 1. The summed E-state index contributed by atoms with van der Waals surface area (Å²) in [6.45, 7) is 0.604. The highest BCUT2D eigenvalue weighted by Crippen LogP contribution is 2.13. The van der Waals surface area contributed by atoms with Gasteiger partial charge in [-0.1, -0.05) is 0 Å². The molecule has 19 heavy (non-hydrogen) atoms. The van der Waals surface area contributed by atoms with Crippen molar-refractivity contribution in [1.82, 2.24) is 9.55 Å². The summed E-state index contributed by atoms with van der Waals surface area (Å²) >= 11 is 0. The van der Waals surface area contributed by atoms with Gasteiger partial charge in [-0.15, -0.1) is 0 Å². The number of amides is 1. The minimum atomic E-state index is 0.00688. The van der Waals surface area contributed by atoms with E-state index >= 15 is 0 Å². The van der Waals surface area contributed by atoms with Gasteiger partial charge in [-0.3, -0.25) is 4.79 Å². The second-order valence-electron chi connectivity index (χ2n) is 4.16. The van der Waals surface area contributed by atoms with Crippen molar-refractivity contribution in [3.8, 4) is 5.69 Å². The third-order valence-corrected chi connectivity index (χ3v) is 2.71. The molecule has 0 aliphatic carbocycles. The summed E-state index contributed by atoms with van der Waals surface area (Å²) in [6.07, 6.45) is 6.54. The number of hydrogen-bond acceptors (Lipinski definition) is 3. The lowest BCUT2D eigenvalue weighted by Gasteiger charge is -2.07. The fraction of sp³-hybridized carbons (Fsp3) is 0.286. The third-order valence-electron chi connectivity index (χ3n) is 2.71. The van der Waals surface area contributed by atoms with Crippen LogP contribution in [-0.4, -0.2) is 29.2 Å². The molecule has 1 amide bonds. The Morgan fingerprint density at radius 2 is 2.16 bits per heavy atom. The minimum Gasteiger partial charge on any atom is -0.385 e. The largest absolute Gasteiger partial charge is 0.385 e. The first-order chi connectivity index (χ1) is 9.29. The Morgan fingerprint density at radius 3 is 2.79 bits per heavy atom. The summed E-state index contributed by atoms with van der Waals surface area (Å²) in [6, 6.07) is 7.63. The van der Waals surface area contributed by atoms with Crippen molar-refractivity contribution in [2.75, 3.05) is 19.0 Å². The molecule has 0 spiro atoms. The second-order valence-corrected chi connectivity index (χ2v) is 4.16. The molecule has 5 nitrogen and oxygen atoms in total. The van der Waals surface area contributed by atoms with E-state index in [0.717, 1.165) is 17.8 Å².